The summed E-state index contributed by atoms with van der Waals surface area (Å²) in [5.41, 5.74) is 4.09. The van der Waals surface area contributed by atoms with Gasteiger partial charge in [0.1, 0.15) is 6.04 Å². The fourth-order valence-electron chi connectivity index (χ4n) is 4.36. The number of hydrogen-bond donors (Lipinski definition) is 2. The number of aryl methyl sites for hydroxylation is 3. The van der Waals surface area contributed by atoms with Gasteiger partial charge in [0.25, 0.3) is 0 Å². The number of ether oxygens (including phenoxy) is 2. The van der Waals surface area contributed by atoms with E-state index >= 15 is 0 Å². The molecule has 192 valence electrons. The lowest BCUT2D eigenvalue weighted by Gasteiger charge is -2.21. The van der Waals surface area contributed by atoms with Crippen molar-refractivity contribution < 1.29 is 22.7 Å². The molecule has 0 saturated carbocycles. The molecule has 3 aromatic carbocycles. The number of sulfonamides is 1. The number of amides is 1. The summed E-state index contributed by atoms with van der Waals surface area (Å²) in [6.45, 7) is 5.80. The van der Waals surface area contributed by atoms with Gasteiger partial charge in [0.05, 0.1) is 19.1 Å². The Balaban J connectivity index is 1.78. The molecule has 0 radical (unpaired) electrons. The van der Waals surface area contributed by atoms with Gasteiger partial charge in [0.15, 0.2) is 11.5 Å². The Labute approximate surface area is 213 Å². The minimum atomic E-state index is -3.94. The molecule has 0 aliphatic heterocycles. The molecule has 3 aromatic rings. The Morgan fingerprint density at radius 1 is 0.861 bits per heavy atom. The molecule has 3 rings (SSSR count). The maximum absolute atomic E-state index is 13.4. The zero-order valence-electron chi connectivity index (χ0n) is 21.4. The van der Waals surface area contributed by atoms with Gasteiger partial charge in [-0.3, -0.25) is 4.79 Å². The van der Waals surface area contributed by atoms with Crippen LogP contribution in [-0.2, 0) is 27.7 Å². The fourth-order valence-corrected chi connectivity index (χ4v) is 6.01. The van der Waals surface area contributed by atoms with Gasteiger partial charge in [0, 0.05) is 6.54 Å². The Morgan fingerprint density at radius 2 is 1.50 bits per heavy atom. The van der Waals surface area contributed by atoms with Gasteiger partial charge in [0.2, 0.25) is 15.9 Å². The molecule has 8 heteroatoms. The molecule has 0 aromatic heterocycles. The minimum Gasteiger partial charge on any atom is -0.493 e. The van der Waals surface area contributed by atoms with Crippen LogP contribution in [0.5, 0.6) is 11.5 Å². The van der Waals surface area contributed by atoms with Crippen LogP contribution in [0.2, 0.25) is 0 Å². The van der Waals surface area contributed by atoms with E-state index in [2.05, 4.69) is 10.0 Å². The Bertz CT molecular complexity index is 1280. The van der Waals surface area contributed by atoms with E-state index in [0.29, 0.717) is 35.6 Å². The van der Waals surface area contributed by atoms with E-state index in [4.69, 9.17) is 9.47 Å². The molecule has 7 nitrogen and oxygen atoms in total. The third-order valence-corrected chi connectivity index (χ3v) is 7.71. The molecule has 1 atom stereocenters. The van der Waals surface area contributed by atoms with Gasteiger partial charge in [-0.25, -0.2) is 8.42 Å². The second-order valence-electron chi connectivity index (χ2n) is 8.82. The highest BCUT2D eigenvalue weighted by atomic mass is 32.2. The number of methoxy groups -OCH3 is 2. The summed E-state index contributed by atoms with van der Waals surface area (Å²) in [6.07, 6.45) is 0.777. The smallest absolute Gasteiger partial charge is 0.241 e. The summed E-state index contributed by atoms with van der Waals surface area (Å²) < 4.78 is 40.1. The van der Waals surface area contributed by atoms with Crippen molar-refractivity contribution >= 4 is 15.9 Å². The lowest BCUT2D eigenvalue weighted by Crippen LogP contribution is -2.48. The second kappa shape index (κ2) is 12.1. The average molecular weight is 511 g/mol. The fraction of sp³-hybridized carbons (Fsp3) is 0.321. The lowest BCUT2D eigenvalue weighted by molar-refractivity contribution is -0.122. The normalized spacial score (nSPS) is 12.1. The largest absolute Gasteiger partial charge is 0.493 e. The van der Waals surface area contributed by atoms with Crippen LogP contribution in [0.1, 0.15) is 27.8 Å². The summed E-state index contributed by atoms with van der Waals surface area (Å²) in [5.74, 6) is 0.856. The second-order valence-corrected chi connectivity index (χ2v) is 10.5. The molecular weight excluding hydrogens is 476 g/mol. The molecule has 0 spiro atoms. The van der Waals surface area contributed by atoms with Crippen molar-refractivity contribution in [3.63, 3.8) is 0 Å². The first-order valence-corrected chi connectivity index (χ1v) is 13.3. The van der Waals surface area contributed by atoms with Gasteiger partial charge in [-0.05, 0) is 68.0 Å². The summed E-state index contributed by atoms with van der Waals surface area (Å²) >= 11 is 0. The van der Waals surface area contributed by atoms with Gasteiger partial charge in [-0.15, -0.1) is 0 Å². The molecule has 2 N–H and O–H groups in total. The first kappa shape index (κ1) is 27.2. The average Bonchev–Trinajstić information content (AvgIpc) is 2.83. The van der Waals surface area contributed by atoms with Crippen LogP contribution in [0.25, 0.3) is 0 Å². The van der Waals surface area contributed by atoms with Crippen LogP contribution >= 0.6 is 0 Å². The number of nitrogens with one attached hydrogen (secondary N) is 2. The van der Waals surface area contributed by atoms with E-state index in [0.717, 1.165) is 16.7 Å². The quantitative estimate of drug-likeness (QED) is 0.408. The summed E-state index contributed by atoms with van der Waals surface area (Å²) in [7, 11) is -0.793. The van der Waals surface area contributed by atoms with Crippen LogP contribution in [0, 0.1) is 20.8 Å². The van der Waals surface area contributed by atoms with Crippen molar-refractivity contribution in [2.24, 2.45) is 0 Å². The van der Waals surface area contributed by atoms with E-state index < -0.39 is 16.1 Å². The third kappa shape index (κ3) is 6.86. The van der Waals surface area contributed by atoms with Crippen molar-refractivity contribution in [1.29, 1.82) is 0 Å². The molecule has 0 saturated heterocycles. The zero-order chi connectivity index (χ0) is 26.3. The van der Waals surface area contributed by atoms with E-state index in [1.807, 2.05) is 67.6 Å². The maximum atomic E-state index is 13.4. The summed E-state index contributed by atoms with van der Waals surface area (Å²) in [4.78, 5) is 13.4. The Kier molecular flexibility index (Phi) is 9.12. The van der Waals surface area contributed by atoms with E-state index in [9.17, 15) is 13.2 Å². The number of rotatable bonds is 11. The lowest BCUT2D eigenvalue weighted by atomic mass is 10.1. The summed E-state index contributed by atoms with van der Waals surface area (Å²) in [5, 5.41) is 2.89. The number of carbonyl (C=O) groups excluding carboxylic acids is 1. The predicted molar refractivity (Wildman–Crippen MR) is 141 cm³/mol. The predicted octanol–water partition coefficient (Wildman–Crippen LogP) is 3.88. The Hall–Kier alpha value is -3.36. The monoisotopic (exact) mass is 510 g/mol. The molecule has 0 unspecified atom stereocenters. The van der Waals surface area contributed by atoms with Crippen LogP contribution in [0.15, 0.2) is 65.6 Å². The van der Waals surface area contributed by atoms with Gasteiger partial charge >= 0.3 is 0 Å². The van der Waals surface area contributed by atoms with Crippen molar-refractivity contribution in [1.82, 2.24) is 10.0 Å². The van der Waals surface area contributed by atoms with Crippen molar-refractivity contribution in [2.45, 2.75) is 44.6 Å². The molecule has 36 heavy (non-hydrogen) atoms. The third-order valence-electron chi connectivity index (χ3n) is 5.93. The van der Waals surface area contributed by atoms with E-state index in [1.165, 1.54) is 0 Å². The van der Waals surface area contributed by atoms with Crippen molar-refractivity contribution in [2.75, 3.05) is 20.8 Å². The molecule has 0 bridgehead atoms. The van der Waals surface area contributed by atoms with Crippen LogP contribution in [0.3, 0.4) is 0 Å². The maximum Gasteiger partial charge on any atom is 0.241 e. The number of benzene rings is 3. The highest BCUT2D eigenvalue weighted by Crippen LogP contribution is 2.27. The topological polar surface area (TPSA) is 93.7 Å². The Morgan fingerprint density at radius 3 is 2.11 bits per heavy atom. The van der Waals surface area contributed by atoms with Crippen molar-refractivity contribution in [3.05, 3.63) is 88.5 Å². The highest BCUT2D eigenvalue weighted by molar-refractivity contribution is 7.89. The standard InChI is InChI=1S/C28H34N2O5S/c1-19-15-20(2)27(21(3)16-19)36(32,33)30-24(17-22-9-7-6-8-10-22)28(31)29-14-13-23-11-12-25(34-4)26(18-23)35-5/h6-12,15-16,18,24,30H,13-14,17H2,1-5H3,(H,29,31)/t24-/m1/s1. The van der Waals surface area contributed by atoms with Crippen LogP contribution in [-0.4, -0.2) is 41.1 Å². The molecule has 0 aliphatic carbocycles. The highest BCUT2D eigenvalue weighted by Gasteiger charge is 2.28. The van der Waals surface area contributed by atoms with Gasteiger partial charge in [-0.2, -0.15) is 4.72 Å². The molecular formula is C28H34N2O5S. The molecule has 0 aliphatic rings. The van der Waals surface area contributed by atoms with Crippen LogP contribution < -0.4 is 19.5 Å². The number of hydrogen-bond acceptors (Lipinski definition) is 5. The SMILES string of the molecule is COc1ccc(CCNC(=O)[C@@H](Cc2ccccc2)NS(=O)(=O)c2c(C)cc(C)cc2C)cc1OC. The molecule has 0 heterocycles. The van der Waals surface area contributed by atoms with E-state index in [-0.39, 0.29) is 17.2 Å². The van der Waals surface area contributed by atoms with E-state index in [1.54, 1.807) is 28.1 Å². The number of carbonyl (C=O) groups is 1. The molecule has 1 amide bonds. The first-order chi connectivity index (χ1) is 17.1. The zero-order valence-corrected chi connectivity index (χ0v) is 22.2. The molecule has 0 fully saturated rings. The van der Waals surface area contributed by atoms with Gasteiger partial charge < -0.3 is 14.8 Å². The van der Waals surface area contributed by atoms with Gasteiger partial charge in [-0.1, -0.05) is 54.1 Å². The van der Waals surface area contributed by atoms with Crippen LogP contribution in [0.4, 0.5) is 0 Å². The first-order valence-electron chi connectivity index (χ1n) is 11.8. The van der Waals surface area contributed by atoms with Crippen molar-refractivity contribution in [3.8, 4) is 11.5 Å². The minimum absolute atomic E-state index is 0.212. The summed E-state index contributed by atoms with van der Waals surface area (Å²) in [6, 6.07) is 17.6.